The van der Waals surface area contributed by atoms with Crippen LogP contribution in [0.5, 0.6) is 5.88 Å². The average molecular weight is 420 g/mol. The second-order valence-electron chi connectivity index (χ2n) is 6.83. The van der Waals surface area contributed by atoms with Crippen LogP contribution in [0, 0.1) is 11.3 Å². The van der Waals surface area contributed by atoms with Crippen molar-refractivity contribution < 1.29 is 14.3 Å². The number of carbonyl (C=O) groups excluding carboxylic acids is 1. The van der Waals surface area contributed by atoms with Gasteiger partial charge in [-0.1, -0.05) is 19.1 Å². The van der Waals surface area contributed by atoms with Gasteiger partial charge in [-0.25, -0.2) is 9.97 Å². The lowest BCUT2D eigenvalue weighted by Gasteiger charge is -2.13. The highest BCUT2D eigenvalue weighted by Crippen LogP contribution is 2.24. The van der Waals surface area contributed by atoms with Crippen LogP contribution in [0.25, 0.3) is 10.8 Å². The van der Waals surface area contributed by atoms with Crippen LogP contribution in [-0.4, -0.2) is 47.2 Å². The molecule has 9 nitrogen and oxygen atoms in total. The number of pyridine rings is 1. The third kappa shape index (κ3) is 5.43. The number of hydrogen-bond donors (Lipinski definition) is 2. The SMILES string of the molecule is CCC(C)Oc1nc(Nc2cc3cccc(C(=O)NCCOC)c3cn2)cnc1C#N. The van der Waals surface area contributed by atoms with E-state index < -0.39 is 0 Å². The molecule has 31 heavy (non-hydrogen) atoms. The number of carbonyl (C=O) groups is 1. The molecule has 9 heteroatoms. The summed E-state index contributed by atoms with van der Waals surface area (Å²) in [6, 6.07) is 9.27. The van der Waals surface area contributed by atoms with Gasteiger partial charge in [-0.2, -0.15) is 10.2 Å². The Morgan fingerprint density at radius 1 is 1.26 bits per heavy atom. The predicted molar refractivity (Wildman–Crippen MR) is 116 cm³/mol. The van der Waals surface area contributed by atoms with Crippen LogP contribution in [0.1, 0.15) is 36.3 Å². The Bertz CT molecular complexity index is 1110. The Hall–Kier alpha value is -3.77. The third-order valence-corrected chi connectivity index (χ3v) is 4.59. The molecule has 1 aromatic carbocycles. The quantitative estimate of drug-likeness (QED) is 0.506. The lowest BCUT2D eigenvalue weighted by molar-refractivity contribution is 0.0938. The molecular formula is C22H24N6O3. The molecule has 0 saturated carbocycles. The van der Waals surface area contributed by atoms with Gasteiger partial charge in [0.2, 0.25) is 5.69 Å². The fraction of sp³-hybridized carbons (Fsp3) is 0.318. The van der Waals surface area contributed by atoms with Crippen molar-refractivity contribution in [3.05, 3.63) is 47.9 Å². The van der Waals surface area contributed by atoms with Gasteiger partial charge in [0.25, 0.3) is 11.8 Å². The van der Waals surface area contributed by atoms with E-state index in [1.807, 2.05) is 38.1 Å². The van der Waals surface area contributed by atoms with E-state index in [0.717, 1.165) is 17.2 Å². The molecule has 2 aromatic heterocycles. The Kier molecular flexibility index (Phi) is 7.30. The summed E-state index contributed by atoms with van der Waals surface area (Å²) in [7, 11) is 1.58. The highest BCUT2D eigenvalue weighted by molar-refractivity contribution is 6.07. The smallest absolute Gasteiger partial charge is 0.253 e. The van der Waals surface area contributed by atoms with Gasteiger partial charge >= 0.3 is 0 Å². The summed E-state index contributed by atoms with van der Waals surface area (Å²) >= 11 is 0. The third-order valence-electron chi connectivity index (χ3n) is 4.59. The maximum atomic E-state index is 12.5. The van der Waals surface area contributed by atoms with Crippen LogP contribution in [0.15, 0.2) is 36.7 Å². The first-order valence-corrected chi connectivity index (χ1v) is 9.92. The van der Waals surface area contributed by atoms with Crippen LogP contribution in [-0.2, 0) is 4.74 Å². The van der Waals surface area contributed by atoms with Gasteiger partial charge in [-0.15, -0.1) is 0 Å². The summed E-state index contributed by atoms with van der Waals surface area (Å²) in [5.74, 6) is 0.920. The number of rotatable bonds is 9. The van der Waals surface area contributed by atoms with E-state index in [2.05, 4.69) is 25.6 Å². The van der Waals surface area contributed by atoms with Gasteiger partial charge in [0.1, 0.15) is 11.9 Å². The zero-order valence-electron chi connectivity index (χ0n) is 17.7. The second kappa shape index (κ2) is 10.3. The van der Waals surface area contributed by atoms with Crippen molar-refractivity contribution in [3.8, 4) is 11.9 Å². The molecule has 1 amide bonds. The van der Waals surface area contributed by atoms with Crippen molar-refractivity contribution in [2.75, 3.05) is 25.6 Å². The van der Waals surface area contributed by atoms with Crippen molar-refractivity contribution in [2.45, 2.75) is 26.4 Å². The van der Waals surface area contributed by atoms with E-state index in [1.165, 1.54) is 6.20 Å². The lowest BCUT2D eigenvalue weighted by atomic mass is 10.1. The molecule has 3 rings (SSSR count). The molecule has 0 aliphatic rings. The van der Waals surface area contributed by atoms with E-state index in [9.17, 15) is 10.1 Å². The van der Waals surface area contributed by atoms with Crippen molar-refractivity contribution in [3.63, 3.8) is 0 Å². The second-order valence-corrected chi connectivity index (χ2v) is 6.83. The van der Waals surface area contributed by atoms with Crippen molar-refractivity contribution in [2.24, 2.45) is 0 Å². The summed E-state index contributed by atoms with van der Waals surface area (Å²) < 4.78 is 10.7. The Balaban J connectivity index is 1.84. The van der Waals surface area contributed by atoms with Gasteiger partial charge in [-0.05, 0) is 30.9 Å². The number of ether oxygens (including phenoxy) is 2. The first-order chi connectivity index (χ1) is 15.0. The number of nitrogens with zero attached hydrogens (tertiary/aromatic N) is 4. The van der Waals surface area contributed by atoms with Crippen molar-refractivity contribution in [1.29, 1.82) is 5.26 Å². The minimum absolute atomic E-state index is 0.0936. The van der Waals surface area contributed by atoms with E-state index in [-0.39, 0.29) is 23.6 Å². The predicted octanol–water partition coefficient (Wildman–Crippen LogP) is 3.19. The summed E-state index contributed by atoms with van der Waals surface area (Å²) in [5.41, 5.74) is 0.663. The number of nitrogens with one attached hydrogen (secondary N) is 2. The molecule has 1 unspecified atom stereocenters. The van der Waals surface area contributed by atoms with Gasteiger partial charge in [-0.3, -0.25) is 4.79 Å². The highest BCUT2D eigenvalue weighted by atomic mass is 16.5. The number of methoxy groups -OCH3 is 1. The van der Waals surface area contributed by atoms with E-state index in [1.54, 1.807) is 19.4 Å². The fourth-order valence-corrected chi connectivity index (χ4v) is 2.80. The van der Waals surface area contributed by atoms with Crippen LogP contribution >= 0.6 is 0 Å². The molecule has 0 fully saturated rings. The normalized spacial score (nSPS) is 11.5. The summed E-state index contributed by atoms with van der Waals surface area (Å²) in [4.78, 5) is 25.3. The van der Waals surface area contributed by atoms with Gasteiger partial charge in [0.05, 0.1) is 18.9 Å². The molecule has 0 saturated heterocycles. The average Bonchev–Trinajstić information content (AvgIpc) is 2.78. The molecule has 0 aliphatic carbocycles. The zero-order chi connectivity index (χ0) is 22.2. The number of benzene rings is 1. The number of anilines is 2. The van der Waals surface area contributed by atoms with E-state index >= 15 is 0 Å². The monoisotopic (exact) mass is 420 g/mol. The minimum atomic E-state index is -0.185. The largest absolute Gasteiger partial charge is 0.473 e. The molecule has 0 radical (unpaired) electrons. The summed E-state index contributed by atoms with van der Waals surface area (Å²) in [6.07, 6.45) is 3.77. The van der Waals surface area contributed by atoms with Gasteiger partial charge < -0.3 is 20.1 Å². The topological polar surface area (TPSA) is 122 Å². The molecule has 2 N–H and O–H groups in total. The van der Waals surface area contributed by atoms with Crippen LogP contribution in [0.4, 0.5) is 11.6 Å². The number of aromatic nitrogens is 3. The molecule has 1 atom stereocenters. The number of hydrogen-bond acceptors (Lipinski definition) is 8. The van der Waals surface area contributed by atoms with Crippen LogP contribution < -0.4 is 15.4 Å². The summed E-state index contributed by atoms with van der Waals surface area (Å²) in [5, 5.41) is 16.7. The Morgan fingerprint density at radius 3 is 2.84 bits per heavy atom. The highest BCUT2D eigenvalue weighted by Gasteiger charge is 2.13. The van der Waals surface area contributed by atoms with Crippen LogP contribution in [0.2, 0.25) is 0 Å². The van der Waals surface area contributed by atoms with Gasteiger partial charge in [0, 0.05) is 30.8 Å². The lowest BCUT2D eigenvalue weighted by Crippen LogP contribution is -2.27. The molecule has 0 bridgehead atoms. The molecule has 0 aliphatic heterocycles. The molecule has 3 aromatic rings. The first-order valence-electron chi connectivity index (χ1n) is 9.92. The summed E-state index contributed by atoms with van der Waals surface area (Å²) in [6.45, 7) is 4.75. The first kappa shape index (κ1) is 21.9. The van der Waals surface area contributed by atoms with Crippen molar-refractivity contribution in [1.82, 2.24) is 20.3 Å². The maximum absolute atomic E-state index is 12.5. The number of fused-ring (bicyclic) bond motifs is 1. The molecular weight excluding hydrogens is 396 g/mol. The molecule has 160 valence electrons. The van der Waals surface area contributed by atoms with Crippen LogP contribution in [0.3, 0.4) is 0 Å². The van der Waals surface area contributed by atoms with E-state index in [4.69, 9.17) is 9.47 Å². The minimum Gasteiger partial charge on any atom is -0.473 e. The van der Waals surface area contributed by atoms with E-state index in [0.29, 0.717) is 30.4 Å². The Labute approximate surface area is 180 Å². The Morgan fingerprint density at radius 2 is 2.10 bits per heavy atom. The number of amides is 1. The standard InChI is InChI=1S/C22H24N6O3/c1-4-14(2)31-22-18(11-23)25-13-20(28-22)27-19-10-15-6-5-7-16(17(15)12-26-19)21(29)24-8-9-30-3/h5-7,10,12-14H,4,8-9H2,1-3H3,(H,24,29)(H,26,27,28). The molecule has 0 spiro atoms. The fourth-order valence-electron chi connectivity index (χ4n) is 2.80. The van der Waals surface area contributed by atoms with Crippen molar-refractivity contribution >= 4 is 28.3 Å². The number of nitriles is 1. The zero-order valence-corrected chi connectivity index (χ0v) is 17.7. The van der Waals surface area contributed by atoms with Gasteiger partial charge in [0.15, 0.2) is 5.82 Å². The maximum Gasteiger partial charge on any atom is 0.253 e. The molecule has 2 heterocycles.